The van der Waals surface area contributed by atoms with Gasteiger partial charge in [0.15, 0.2) is 0 Å². The number of hydrogen-bond acceptors (Lipinski definition) is 4. The van der Waals surface area contributed by atoms with Gasteiger partial charge in [0.05, 0.1) is 11.6 Å². The van der Waals surface area contributed by atoms with E-state index >= 15 is 0 Å². The highest BCUT2D eigenvalue weighted by molar-refractivity contribution is 5.96. The van der Waals surface area contributed by atoms with Crippen molar-refractivity contribution in [1.82, 2.24) is 15.5 Å². The Morgan fingerprint density at radius 3 is 2.32 bits per heavy atom. The normalized spacial score (nSPS) is 16.8. The summed E-state index contributed by atoms with van der Waals surface area (Å²) in [5.41, 5.74) is -0.160. The number of piperazine rings is 1. The Bertz CT molecular complexity index is 686. The first kappa shape index (κ1) is 22.0. The number of benzene rings is 1. The number of carbonyl (C=O) groups is 2. The maximum Gasteiger partial charge on any atom is 0.416 e. The molecule has 1 atom stereocenters. The molecule has 0 bridgehead atoms. The number of carbonyl (C=O) groups excluding carboxylic acids is 2. The maximum atomic E-state index is 12.9. The van der Waals surface area contributed by atoms with Crippen LogP contribution < -0.4 is 15.5 Å². The van der Waals surface area contributed by atoms with Gasteiger partial charge in [0, 0.05) is 38.4 Å². The van der Waals surface area contributed by atoms with Crippen LogP contribution >= 0.6 is 0 Å². The number of amides is 3. The summed E-state index contributed by atoms with van der Waals surface area (Å²) in [6.45, 7) is 8.12. The minimum atomic E-state index is -4.37. The van der Waals surface area contributed by atoms with Gasteiger partial charge in [-0.1, -0.05) is 19.9 Å². The molecule has 0 aromatic heterocycles. The summed E-state index contributed by atoms with van der Waals surface area (Å²) in [5, 5.41) is 4.96. The minimum Gasteiger partial charge on any atom is -0.369 e. The fourth-order valence-electron chi connectivity index (χ4n) is 2.97. The second-order valence-electron chi connectivity index (χ2n) is 7.34. The van der Waals surface area contributed by atoms with E-state index in [0.717, 1.165) is 12.1 Å². The summed E-state index contributed by atoms with van der Waals surface area (Å²) < 4.78 is 38.7. The van der Waals surface area contributed by atoms with E-state index in [1.807, 2.05) is 23.6 Å². The molecule has 1 fully saturated rings. The first-order valence-corrected chi connectivity index (χ1v) is 9.33. The van der Waals surface area contributed by atoms with Crippen LogP contribution in [-0.2, 0) is 11.0 Å². The average molecular weight is 400 g/mol. The van der Waals surface area contributed by atoms with Crippen LogP contribution in [0.4, 0.5) is 23.7 Å². The lowest BCUT2D eigenvalue weighted by Gasteiger charge is -2.38. The Hall–Kier alpha value is -2.29. The van der Waals surface area contributed by atoms with E-state index in [1.54, 1.807) is 13.0 Å². The molecule has 156 valence electrons. The second-order valence-corrected chi connectivity index (χ2v) is 7.34. The Labute approximate surface area is 163 Å². The highest BCUT2D eigenvalue weighted by Crippen LogP contribution is 2.31. The number of alkyl halides is 3. The van der Waals surface area contributed by atoms with Crippen molar-refractivity contribution in [3.05, 3.63) is 29.8 Å². The molecular weight excluding hydrogens is 373 g/mol. The van der Waals surface area contributed by atoms with Gasteiger partial charge in [0.25, 0.3) is 0 Å². The summed E-state index contributed by atoms with van der Waals surface area (Å²) in [7, 11) is 0. The van der Waals surface area contributed by atoms with Gasteiger partial charge in [0.1, 0.15) is 0 Å². The molecule has 2 rings (SSSR count). The highest BCUT2D eigenvalue weighted by Gasteiger charge is 2.31. The predicted octanol–water partition coefficient (Wildman–Crippen LogP) is 2.70. The van der Waals surface area contributed by atoms with Crippen molar-refractivity contribution in [1.29, 1.82) is 0 Å². The Morgan fingerprint density at radius 1 is 1.11 bits per heavy atom. The molecule has 1 aromatic carbocycles. The third kappa shape index (κ3) is 6.12. The van der Waals surface area contributed by atoms with Crippen LogP contribution in [0.1, 0.15) is 26.3 Å². The van der Waals surface area contributed by atoms with Crippen LogP contribution in [0.2, 0.25) is 0 Å². The van der Waals surface area contributed by atoms with E-state index < -0.39 is 29.7 Å². The molecule has 1 aliphatic heterocycles. The van der Waals surface area contributed by atoms with Crippen molar-refractivity contribution < 1.29 is 22.8 Å². The monoisotopic (exact) mass is 400 g/mol. The van der Waals surface area contributed by atoms with E-state index in [4.69, 9.17) is 0 Å². The van der Waals surface area contributed by atoms with Gasteiger partial charge in [-0.2, -0.15) is 13.2 Å². The van der Waals surface area contributed by atoms with Gasteiger partial charge in [-0.15, -0.1) is 0 Å². The standard InChI is InChI=1S/C19H27F3N4O2/c1-13(2)12-23-18(28)24-17(27)14(3)25-7-9-26(10-8-25)16-6-4-5-15(11-16)19(20,21)22/h4-6,11,13-14H,7-10,12H2,1-3H3,(H2,23,24,27,28). The van der Waals surface area contributed by atoms with Gasteiger partial charge >= 0.3 is 12.2 Å². The molecule has 3 amide bonds. The molecule has 0 aliphatic carbocycles. The van der Waals surface area contributed by atoms with Gasteiger partial charge in [-0.05, 0) is 31.0 Å². The SMILES string of the molecule is CC(C)CNC(=O)NC(=O)C(C)N1CCN(c2cccc(C(F)(F)F)c2)CC1. The quantitative estimate of drug-likeness (QED) is 0.798. The third-order valence-corrected chi connectivity index (χ3v) is 4.69. The second kappa shape index (κ2) is 9.27. The number of anilines is 1. The number of urea groups is 1. The van der Waals surface area contributed by atoms with Crippen LogP contribution in [0, 0.1) is 5.92 Å². The van der Waals surface area contributed by atoms with Crippen molar-refractivity contribution in [2.75, 3.05) is 37.6 Å². The van der Waals surface area contributed by atoms with Crippen molar-refractivity contribution in [2.24, 2.45) is 5.92 Å². The Kier molecular flexibility index (Phi) is 7.29. The summed E-state index contributed by atoms with van der Waals surface area (Å²) in [4.78, 5) is 27.8. The lowest BCUT2D eigenvalue weighted by Crippen LogP contribution is -2.55. The molecule has 0 radical (unpaired) electrons. The summed E-state index contributed by atoms with van der Waals surface area (Å²) >= 11 is 0. The molecule has 0 saturated carbocycles. The third-order valence-electron chi connectivity index (χ3n) is 4.69. The average Bonchev–Trinajstić information content (AvgIpc) is 2.65. The van der Waals surface area contributed by atoms with Crippen molar-refractivity contribution >= 4 is 17.6 Å². The van der Waals surface area contributed by atoms with Crippen molar-refractivity contribution in [2.45, 2.75) is 33.0 Å². The van der Waals surface area contributed by atoms with E-state index in [0.29, 0.717) is 38.4 Å². The van der Waals surface area contributed by atoms with E-state index in [2.05, 4.69) is 10.6 Å². The predicted molar refractivity (Wildman–Crippen MR) is 101 cm³/mol. The largest absolute Gasteiger partial charge is 0.416 e. The molecule has 1 heterocycles. The fraction of sp³-hybridized carbons (Fsp3) is 0.579. The number of nitrogens with zero attached hydrogens (tertiary/aromatic N) is 2. The number of nitrogens with one attached hydrogen (secondary N) is 2. The molecular formula is C19H27F3N4O2. The highest BCUT2D eigenvalue weighted by atomic mass is 19.4. The first-order valence-electron chi connectivity index (χ1n) is 9.33. The topological polar surface area (TPSA) is 64.7 Å². The van der Waals surface area contributed by atoms with Crippen LogP contribution in [0.3, 0.4) is 0 Å². The number of rotatable bonds is 5. The first-order chi connectivity index (χ1) is 13.1. The molecule has 1 saturated heterocycles. The Balaban J connectivity index is 1.87. The number of hydrogen-bond donors (Lipinski definition) is 2. The molecule has 9 heteroatoms. The lowest BCUT2D eigenvalue weighted by molar-refractivity contribution is -0.137. The van der Waals surface area contributed by atoms with Crippen molar-refractivity contribution in [3.63, 3.8) is 0 Å². The number of imide groups is 1. The zero-order chi connectivity index (χ0) is 20.9. The number of halogens is 3. The Morgan fingerprint density at radius 2 is 1.75 bits per heavy atom. The lowest BCUT2D eigenvalue weighted by atomic mass is 10.1. The van der Waals surface area contributed by atoms with Crippen LogP contribution in [0.5, 0.6) is 0 Å². The van der Waals surface area contributed by atoms with Gasteiger partial charge in [-0.3, -0.25) is 15.0 Å². The summed E-state index contributed by atoms with van der Waals surface area (Å²) in [6.07, 6.45) is -4.37. The fourth-order valence-corrected chi connectivity index (χ4v) is 2.97. The van der Waals surface area contributed by atoms with Gasteiger partial charge in [-0.25, -0.2) is 4.79 Å². The van der Waals surface area contributed by atoms with Crippen LogP contribution in [0.15, 0.2) is 24.3 Å². The van der Waals surface area contributed by atoms with Crippen LogP contribution in [-0.4, -0.2) is 55.6 Å². The van der Waals surface area contributed by atoms with Gasteiger partial charge in [0.2, 0.25) is 5.91 Å². The van der Waals surface area contributed by atoms with Gasteiger partial charge < -0.3 is 10.2 Å². The molecule has 6 nitrogen and oxygen atoms in total. The van der Waals surface area contributed by atoms with Crippen LogP contribution in [0.25, 0.3) is 0 Å². The zero-order valence-corrected chi connectivity index (χ0v) is 16.3. The minimum absolute atomic E-state index is 0.280. The van der Waals surface area contributed by atoms with E-state index in [9.17, 15) is 22.8 Å². The summed E-state index contributed by atoms with van der Waals surface area (Å²) in [6, 6.07) is 4.22. The maximum absolute atomic E-state index is 12.9. The molecule has 28 heavy (non-hydrogen) atoms. The van der Waals surface area contributed by atoms with Crippen molar-refractivity contribution in [3.8, 4) is 0 Å². The van der Waals surface area contributed by atoms with E-state index in [-0.39, 0.29) is 5.92 Å². The summed E-state index contributed by atoms with van der Waals surface area (Å²) in [5.74, 6) is -0.115. The zero-order valence-electron chi connectivity index (χ0n) is 16.3. The molecule has 1 unspecified atom stereocenters. The van der Waals surface area contributed by atoms with E-state index in [1.165, 1.54) is 6.07 Å². The molecule has 1 aliphatic rings. The smallest absolute Gasteiger partial charge is 0.369 e. The molecule has 1 aromatic rings. The molecule has 2 N–H and O–H groups in total. The molecule has 0 spiro atoms.